The molecule has 0 amide bonds. The predicted octanol–water partition coefficient (Wildman–Crippen LogP) is 0.110. The van der Waals surface area contributed by atoms with Gasteiger partial charge in [0.2, 0.25) is 0 Å². The van der Waals surface area contributed by atoms with Crippen LogP contribution >= 0.6 is 0 Å². The summed E-state index contributed by atoms with van der Waals surface area (Å²) < 4.78 is 25.2. The molecule has 0 spiro atoms. The van der Waals surface area contributed by atoms with Gasteiger partial charge in [0.1, 0.15) is 0 Å². The lowest BCUT2D eigenvalue weighted by molar-refractivity contribution is 0.308. The van der Waals surface area contributed by atoms with Gasteiger partial charge < -0.3 is 0 Å². The third-order valence-corrected chi connectivity index (χ3v) is 1.81. The molecule has 0 aromatic carbocycles. The zero-order valence-electron chi connectivity index (χ0n) is 7.10. The van der Waals surface area contributed by atoms with Crippen molar-refractivity contribution in [2.75, 3.05) is 0 Å². The van der Waals surface area contributed by atoms with Gasteiger partial charge in [0.05, 0.1) is 6.61 Å². The minimum absolute atomic E-state index is 0.0773. The molecule has 5 nitrogen and oxygen atoms in total. The van der Waals surface area contributed by atoms with Gasteiger partial charge in [-0.2, -0.15) is 8.42 Å². The lowest BCUT2D eigenvalue weighted by Crippen LogP contribution is -2.15. The first-order chi connectivity index (χ1) is 5.97. The summed E-state index contributed by atoms with van der Waals surface area (Å²) in [6, 6.07) is 3.50. The second-order valence-electron chi connectivity index (χ2n) is 2.56. The summed E-state index contributed by atoms with van der Waals surface area (Å²) in [5.41, 5.74) is 1.53. The zero-order valence-corrected chi connectivity index (χ0v) is 7.91. The molecule has 0 radical (unpaired) electrons. The van der Waals surface area contributed by atoms with Crippen molar-refractivity contribution in [3.63, 3.8) is 0 Å². The molecule has 2 N–H and O–H groups in total. The molecule has 1 aromatic heterocycles. The molecular weight excluding hydrogens is 192 g/mol. The van der Waals surface area contributed by atoms with Crippen LogP contribution in [0.3, 0.4) is 0 Å². The molecule has 72 valence electrons. The van der Waals surface area contributed by atoms with E-state index < -0.39 is 10.3 Å². The average molecular weight is 202 g/mol. The molecule has 6 heteroatoms. The first-order valence-electron chi connectivity index (χ1n) is 3.56. The Morgan fingerprint density at radius 2 is 2.23 bits per heavy atom. The summed E-state index contributed by atoms with van der Waals surface area (Å²) in [7, 11) is -3.86. The summed E-state index contributed by atoms with van der Waals surface area (Å²) in [6.45, 7) is 1.76. The Hall–Kier alpha value is -0.980. The topological polar surface area (TPSA) is 82.3 Å². The van der Waals surface area contributed by atoms with E-state index in [4.69, 9.17) is 0 Å². The van der Waals surface area contributed by atoms with Crippen LogP contribution < -0.4 is 5.14 Å². The standard InChI is InChI=1S/C7H10N2O3S/c1-6-2-3-7(4-9-6)5-12-13(8,10)11/h2-4H,5H2,1H3,(H2,8,10,11). The van der Waals surface area contributed by atoms with Crippen molar-refractivity contribution in [3.05, 3.63) is 29.6 Å². The Morgan fingerprint density at radius 1 is 1.54 bits per heavy atom. The SMILES string of the molecule is Cc1ccc(COS(N)(=O)=O)cn1. The van der Waals surface area contributed by atoms with Crippen LogP contribution in [0.5, 0.6) is 0 Å². The van der Waals surface area contributed by atoms with E-state index in [0.717, 1.165) is 5.69 Å². The van der Waals surface area contributed by atoms with Gasteiger partial charge in [0.25, 0.3) is 0 Å². The molecule has 0 saturated carbocycles. The van der Waals surface area contributed by atoms with E-state index in [1.807, 2.05) is 6.92 Å². The van der Waals surface area contributed by atoms with Gasteiger partial charge in [0, 0.05) is 11.9 Å². The highest BCUT2D eigenvalue weighted by Gasteiger charge is 2.02. The molecule has 1 aromatic rings. The van der Waals surface area contributed by atoms with E-state index in [-0.39, 0.29) is 6.61 Å². The number of rotatable bonds is 3. The minimum atomic E-state index is -3.86. The zero-order chi connectivity index (χ0) is 9.90. The molecule has 1 heterocycles. The highest BCUT2D eigenvalue weighted by Crippen LogP contribution is 2.01. The minimum Gasteiger partial charge on any atom is -0.261 e. The number of aromatic nitrogens is 1. The van der Waals surface area contributed by atoms with Gasteiger partial charge in [-0.25, -0.2) is 5.14 Å². The van der Waals surface area contributed by atoms with Crippen molar-refractivity contribution in [1.82, 2.24) is 4.98 Å². The van der Waals surface area contributed by atoms with Crippen molar-refractivity contribution in [2.24, 2.45) is 5.14 Å². The van der Waals surface area contributed by atoms with Crippen LogP contribution in [-0.2, 0) is 21.1 Å². The van der Waals surface area contributed by atoms with Crippen molar-refractivity contribution in [1.29, 1.82) is 0 Å². The number of hydrogen-bond acceptors (Lipinski definition) is 4. The molecule has 0 saturated heterocycles. The van der Waals surface area contributed by atoms with Gasteiger partial charge in [-0.15, -0.1) is 0 Å². The largest absolute Gasteiger partial charge is 0.333 e. The maximum Gasteiger partial charge on any atom is 0.333 e. The van der Waals surface area contributed by atoms with Gasteiger partial charge in [0.15, 0.2) is 0 Å². The highest BCUT2D eigenvalue weighted by atomic mass is 32.2. The van der Waals surface area contributed by atoms with Crippen LogP contribution in [-0.4, -0.2) is 13.4 Å². The van der Waals surface area contributed by atoms with Crippen LogP contribution in [0.25, 0.3) is 0 Å². The number of nitrogens with two attached hydrogens (primary N) is 1. The number of aryl methyl sites for hydroxylation is 1. The summed E-state index contributed by atoms with van der Waals surface area (Å²) in [5, 5.41) is 4.64. The normalized spacial score (nSPS) is 11.5. The third-order valence-electron chi connectivity index (χ3n) is 1.36. The van der Waals surface area contributed by atoms with E-state index in [0.29, 0.717) is 5.56 Å². The fourth-order valence-corrected chi connectivity index (χ4v) is 1.03. The van der Waals surface area contributed by atoms with Gasteiger partial charge >= 0.3 is 10.3 Å². The maximum atomic E-state index is 10.4. The fraction of sp³-hybridized carbons (Fsp3) is 0.286. The lowest BCUT2D eigenvalue weighted by Gasteiger charge is -2.00. The first-order valence-corrected chi connectivity index (χ1v) is 5.03. The monoisotopic (exact) mass is 202 g/mol. The Bertz CT molecular complexity index is 371. The van der Waals surface area contributed by atoms with Crippen molar-refractivity contribution in [3.8, 4) is 0 Å². The van der Waals surface area contributed by atoms with E-state index >= 15 is 0 Å². The Kier molecular flexibility index (Phi) is 2.97. The van der Waals surface area contributed by atoms with E-state index in [9.17, 15) is 8.42 Å². The second-order valence-corrected chi connectivity index (χ2v) is 3.78. The molecule has 13 heavy (non-hydrogen) atoms. The molecule has 1 rings (SSSR count). The average Bonchev–Trinajstić information content (AvgIpc) is 2.02. The Labute approximate surface area is 76.8 Å². The number of pyridine rings is 1. The smallest absolute Gasteiger partial charge is 0.261 e. The summed E-state index contributed by atoms with van der Waals surface area (Å²) in [4.78, 5) is 3.96. The molecular formula is C7H10N2O3S. The molecule has 0 bridgehead atoms. The third kappa shape index (κ3) is 3.97. The Morgan fingerprint density at radius 3 is 2.69 bits per heavy atom. The molecule has 0 fully saturated rings. The maximum absolute atomic E-state index is 10.4. The van der Waals surface area contributed by atoms with Crippen LogP contribution in [0.4, 0.5) is 0 Å². The Balaban J connectivity index is 2.61. The summed E-state index contributed by atoms with van der Waals surface area (Å²) in [6.07, 6.45) is 1.54. The molecule has 0 aliphatic heterocycles. The van der Waals surface area contributed by atoms with E-state index in [2.05, 4.69) is 14.3 Å². The van der Waals surface area contributed by atoms with Gasteiger partial charge in [-0.1, -0.05) is 6.07 Å². The summed E-state index contributed by atoms with van der Waals surface area (Å²) in [5.74, 6) is 0. The van der Waals surface area contributed by atoms with E-state index in [1.54, 1.807) is 18.3 Å². The van der Waals surface area contributed by atoms with Crippen molar-refractivity contribution < 1.29 is 12.6 Å². The lowest BCUT2D eigenvalue weighted by atomic mass is 10.3. The quantitative estimate of drug-likeness (QED) is 0.754. The van der Waals surface area contributed by atoms with Crippen molar-refractivity contribution in [2.45, 2.75) is 13.5 Å². The van der Waals surface area contributed by atoms with E-state index in [1.165, 1.54) is 0 Å². The molecule has 0 aliphatic carbocycles. The second kappa shape index (κ2) is 3.82. The van der Waals surface area contributed by atoms with Crippen LogP contribution in [0.15, 0.2) is 18.3 Å². The molecule has 0 aliphatic rings. The molecule has 0 unspecified atom stereocenters. The predicted molar refractivity (Wildman–Crippen MR) is 46.9 cm³/mol. The van der Waals surface area contributed by atoms with Crippen LogP contribution in [0.1, 0.15) is 11.3 Å². The van der Waals surface area contributed by atoms with Gasteiger partial charge in [-0.05, 0) is 18.6 Å². The van der Waals surface area contributed by atoms with Crippen LogP contribution in [0, 0.1) is 6.92 Å². The van der Waals surface area contributed by atoms with Crippen molar-refractivity contribution >= 4 is 10.3 Å². The van der Waals surface area contributed by atoms with Gasteiger partial charge in [-0.3, -0.25) is 9.17 Å². The number of hydrogen-bond donors (Lipinski definition) is 1. The van der Waals surface area contributed by atoms with Crippen LogP contribution in [0.2, 0.25) is 0 Å². The highest BCUT2D eigenvalue weighted by molar-refractivity contribution is 7.84. The number of nitrogens with zero attached hydrogens (tertiary/aromatic N) is 1. The molecule has 0 atom stereocenters. The first kappa shape index (κ1) is 10.1. The summed E-state index contributed by atoms with van der Waals surface area (Å²) >= 11 is 0. The fourth-order valence-electron chi connectivity index (χ4n) is 0.734.